The summed E-state index contributed by atoms with van der Waals surface area (Å²) in [6.45, 7) is 3.62. The molecule has 0 saturated carbocycles. The Labute approximate surface area is 133 Å². The third-order valence-corrected chi connectivity index (χ3v) is 5.57. The second-order valence-electron chi connectivity index (χ2n) is 4.74. The first-order valence-corrected chi connectivity index (χ1v) is 8.40. The fourth-order valence-corrected chi connectivity index (χ4v) is 3.88. The molecule has 1 heterocycles. The first kappa shape index (κ1) is 16.3. The van der Waals surface area contributed by atoms with E-state index in [1.807, 2.05) is 19.1 Å². The number of sulfonamides is 1. The second-order valence-corrected chi connectivity index (χ2v) is 7.21. The Morgan fingerprint density at radius 1 is 1.29 bits per heavy atom. The summed E-state index contributed by atoms with van der Waals surface area (Å²) in [7, 11) is -2.14. The number of halogens is 2. The summed E-state index contributed by atoms with van der Waals surface area (Å²) in [5.74, 6) is 0. The predicted octanol–water partition coefficient (Wildman–Crippen LogP) is 2.82. The minimum atomic E-state index is -3.73. The zero-order valence-electron chi connectivity index (χ0n) is 11.8. The molecular formula is C13H15Cl2N3O2S. The number of benzene rings is 1. The van der Waals surface area contributed by atoms with Crippen molar-refractivity contribution in [1.29, 1.82) is 0 Å². The summed E-state index contributed by atoms with van der Waals surface area (Å²) in [6, 6.07) is 5.40. The highest BCUT2D eigenvalue weighted by molar-refractivity contribution is 7.89. The average molecular weight is 348 g/mol. The molecule has 0 bridgehead atoms. The van der Waals surface area contributed by atoms with Gasteiger partial charge in [0.2, 0.25) is 10.0 Å². The Kier molecular flexibility index (Phi) is 4.63. The van der Waals surface area contributed by atoms with Gasteiger partial charge < -0.3 is 0 Å². The van der Waals surface area contributed by atoms with E-state index in [0.717, 1.165) is 11.1 Å². The number of nitrogens with zero attached hydrogens (tertiary/aromatic N) is 2. The summed E-state index contributed by atoms with van der Waals surface area (Å²) in [4.78, 5) is 0.00451. The van der Waals surface area contributed by atoms with Crippen LogP contribution in [0.1, 0.15) is 16.8 Å². The largest absolute Gasteiger partial charge is 0.255 e. The van der Waals surface area contributed by atoms with Gasteiger partial charge >= 0.3 is 0 Å². The van der Waals surface area contributed by atoms with Gasteiger partial charge in [-0.3, -0.25) is 4.68 Å². The molecule has 0 radical (unpaired) electrons. The molecule has 0 saturated heterocycles. The predicted molar refractivity (Wildman–Crippen MR) is 83.2 cm³/mol. The quantitative estimate of drug-likeness (QED) is 0.924. The maximum atomic E-state index is 12.3. The van der Waals surface area contributed by atoms with Crippen molar-refractivity contribution in [3.63, 3.8) is 0 Å². The minimum Gasteiger partial charge on any atom is -0.255 e. The van der Waals surface area contributed by atoms with Crippen molar-refractivity contribution in [1.82, 2.24) is 14.5 Å². The lowest BCUT2D eigenvalue weighted by Crippen LogP contribution is -2.24. The molecule has 2 rings (SSSR count). The first-order valence-electron chi connectivity index (χ1n) is 6.16. The topological polar surface area (TPSA) is 64.0 Å². The normalized spacial score (nSPS) is 11.9. The van der Waals surface area contributed by atoms with Crippen LogP contribution in [0.25, 0.3) is 0 Å². The van der Waals surface area contributed by atoms with Gasteiger partial charge in [-0.1, -0.05) is 35.3 Å². The molecule has 0 aliphatic carbocycles. The van der Waals surface area contributed by atoms with Gasteiger partial charge in [0.1, 0.15) is 10.0 Å². The Morgan fingerprint density at radius 3 is 2.48 bits per heavy atom. The van der Waals surface area contributed by atoms with Crippen LogP contribution in [-0.4, -0.2) is 18.2 Å². The standard InChI is InChI=1S/C13H15Cl2N3O2S/c1-8-4-5-10(6-11(8)14)7-16-21(19,20)12-9(2)17-18(3)13(12)15/h4-6,16H,7H2,1-3H3. The van der Waals surface area contributed by atoms with Crippen LogP contribution in [0.4, 0.5) is 0 Å². The summed E-state index contributed by atoms with van der Waals surface area (Å²) >= 11 is 12.0. The second kappa shape index (κ2) is 5.96. The van der Waals surface area contributed by atoms with E-state index in [1.165, 1.54) is 4.68 Å². The van der Waals surface area contributed by atoms with E-state index in [1.54, 1.807) is 20.0 Å². The van der Waals surface area contributed by atoms with Crippen LogP contribution < -0.4 is 4.72 Å². The van der Waals surface area contributed by atoms with Crippen LogP contribution in [0.2, 0.25) is 10.2 Å². The highest BCUT2D eigenvalue weighted by atomic mass is 35.5. The van der Waals surface area contributed by atoms with Crippen LogP contribution in [0, 0.1) is 13.8 Å². The van der Waals surface area contributed by atoms with E-state index < -0.39 is 10.0 Å². The van der Waals surface area contributed by atoms with Gasteiger partial charge in [0.25, 0.3) is 0 Å². The number of hydrogen-bond donors (Lipinski definition) is 1. The summed E-state index contributed by atoms with van der Waals surface area (Å²) in [6.07, 6.45) is 0. The number of aromatic nitrogens is 2. The zero-order valence-corrected chi connectivity index (χ0v) is 14.1. The van der Waals surface area contributed by atoms with E-state index >= 15 is 0 Å². The lowest BCUT2D eigenvalue weighted by atomic mass is 10.1. The highest BCUT2D eigenvalue weighted by Gasteiger charge is 2.24. The molecule has 8 heteroatoms. The molecule has 1 aromatic carbocycles. The molecule has 114 valence electrons. The van der Waals surface area contributed by atoms with Crippen molar-refractivity contribution in [2.45, 2.75) is 25.3 Å². The maximum absolute atomic E-state index is 12.3. The van der Waals surface area contributed by atoms with Gasteiger partial charge in [-0.2, -0.15) is 5.10 Å². The Morgan fingerprint density at radius 2 is 1.95 bits per heavy atom. The molecular weight excluding hydrogens is 333 g/mol. The summed E-state index contributed by atoms with van der Waals surface area (Å²) < 4.78 is 28.5. The molecule has 0 aliphatic rings. The van der Waals surface area contributed by atoms with Crippen molar-refractivity contribution in [3.05, 3.63) is 45.2 Å². The highest BCUT2D eigenvalue weighted by Crippen LogP contribution is 2.24. The fourth-order valence-electron chi connectivity index (χ4n) is 1.91. The molecule has 0 atom stereocenters. The van der Waals surface area contributed by atoms with Crippen molar-refractivity contribution in [3.8, 4) is 0 Å². The third kappa shape index (κ3) is 3.40. The van der Waals surface area contributed by atoms with Crippen molar-refractivity contribution < 1.29 is 8.42 Å². The average Bonchev–Trinajstić information content (AvgIpc) is 2.65. The molecule has 0 unspecified atom stereocenters. The molecule has 21 heavy (non-hydrogen) atoms. The van der Waals surface area contributed by atoms with Crippen LogP contribution in [-0.2, 0) is 23.6 Å². The smallest absolute Gasteiger partial charge is 0.245 e. The van der Waals surface area contributed by atoms with Crippen LogP contribution >= 0.6 is 23.2 Å². The third-order valence-electron chi connectivity index (χ3n) is 3.07. The van der Waals surface area contributed by atoms with Crippen molar-refractivity contribution >= 4 is 33.2 Å². The van der Waals surface area contributed by atoms with Gasteiger partial charge in [0.05, 0.1) is 5.69 Å². The molecule has 0 amide bonds. The number of aryl methyl sites for hydroxylation is 3. The number of nitrogens with one attached hydrogen (secondary N) is 1. The lowest BCUT2D eigenvalue weighted by molar-refractivity contribution is 0.580. The van der Waals surface area contributed by atoms with E-state index in [4.69, 9.17) is 23.2 Å². The molecule has 2 aromatic rings. The van der Waals surface area contributed by atoms with Gasteiger partial charge in [-0.25, -0.2) is 13.1 Å². The van der Waals surface area contributed by atoms with Crippen LogP contribution in [0.15, 0.2) is 23.1 Å². The Hall–Kier alpha value is -1.08. The molecule has 0 spiro atoms. The fraction of sp³-hybridized carbons (Fsp3) is 0.308. The molecule has 0 aliphatic heterocycles. The van der Waals surface area contributed by atoms with Gasteiger partial charge in [-0.05, 0) is 31.0 Å². The van der Waals surface area contributed by atoms with Gasteiger partial charge in [0.15, 0.2) is 0 Å². The summed E-state index contributed by atoms with van der Waals surface area (Å²) in [5, 5.41) is 4.69. The Bertz CT molecular complexity index is 785. The van der Waals surface area contributed by atoms with Crippen LogP contribution in [0.3, 0.4) is 0 Å². The van der Waals surface area contributed by atoms with Crippen LogP contribution in [0.5, 0.6) is 0 Å². The van der Waals surface area contributed by atoms with E-state index in [9.17, 15) is 8.42 Å². The van der Waals surface area contributed by atoms with E-state index in [2.05, 4.69) is 9.82 Å². The monoisotopic (exact) mass is 347 g/mol. The molecule has 5 nitrogen and oxygen atoms in total. The number of rotatable bonds is 4. The van der Waals surface area contributed by atoms with Gasteiger partial charge in [0, 0.05) is 18.6 Å². The molecule has 0 fully saturated rings. The number of hydrogen-bond acceptors (Lipinski definition) is 3. The van der Waals surface area contributed by atoms with Gasteiger partial charge in [-0.15, -0.1) is 0 Å². The Balaban J connectivity index is 2.24. The van der Waals surface area contributed by atoms with E-state index in [-0.39, 0.29) is 16.6 Å². The minimum absolute atomic E-state index is 0.00451. The SMILES string of the molecule is Cc1ccc(CNS(=O)(=O)c2c(C)nn(C)c2Cl)cc1Cl. The molecule has 1 N–H and O–H groups in total. The van der Waals surface area contributed by atoms with Crippen molar-refractivity contribution in [2.24, 2.45) is 7.05 Å². The summed E-state index contributed by atoms with van der Waals surface area (Å²) in [5.41, 5.74) is 2.07. The van der Waals surface area contributed by atoms with E-state index in [0.29, 0.717) is 10.7 Å². The first-order chi connectivity index (χ1) is 9.72. The zero-order chi connectivity index (χ0) is 15.8. The molecule has 1 aromatic heterocycles. The maximum Gasteiger partial charge on any atom is 0.245 e. The lowest BCUT2D eigenvalue weighted by Gasteiger charge is -2.08. The van der Waals surface area contributed by atoms with Crippen molar-refractivity contribution in [2.75, 3.05) is 0 Å².